The highest BCUT2D eigenvalue weighted by atomic mass is 16.6. The first-order chi connectivity index (χ1) is 17.4. The molecule has 1 aromatic carbocycles. The maximum atomic E-state index is 12.4. The number of esters is 4. The molecule has 0 aliphatic rings. The highest BCUT2D eigenvalue weighted by molar-refractivity contribution is 5.77. The van der Waals surface area contributed by atoms with Crippen molar-refractivity contribution in [2.24, 2.45) is 11.8 Å². The van der Waals surface area contributed by atoms with E-state index in [1.165, 1.54) is 7.11 Å². The topological polar surface area (TPSA) is 117 Å². The SMILES string of the molecule is CCCCC(=O)OC(C)CN[C@@H](Cc1ccc(OC(=O)CC(C)C)c(OC(=O)CC(C)C)c1)C(=O)OC. The van der Waals surface area contributed by atoms with Crippen LogP contribution in [0.5, 0.6) is 11.5 Å². The van der Waals surface area contributed by atoms with Gasteiger partial charge >= 0.3 is 23.9 Å². The molecule has 0 saturated heterocycles. The summed E-state index contributed by atoms with van der Waals surface area (Å²) in [4.78, 5) is 48.9. The fraction of sp³-hybridized carbons (Fsp3) is 0.643. The van der Waals surface area contributed by atoms with Gasteiger partial charge in [-0.05, 0) is 49.3 Å². The van der Waals surface area contributed by atoms with E-state index < -0.39 is 30.1 Å². The molecule has 1 N–H and O–H groups in total. The van der Waals surface area contributed by atoms with Gasteiger partial charge in [0.2, 0.25) is 0 Å². The van der Waals surface area contributed by atoms with Crippen LogP contribution in [0.1, 0.15) is 79.2 Å². The summed E-state index contributed by atoms with van der Waals surface area (Å²) in [6.45, 7) is 11.6. The fourth-order valence-corrected chi connectivity index (χ4v) is 3.41. The quantitative estimate of drug-likeness (QED) is 0.250. The number of nitrogens with one attached hydrogen (secondary N) is 1. The molecule has 0 amide bonds. The standard InChI is InChI=1S/C28H43NO8/c1-8-9-10-25(30)35-20(6)17-29-22(28(33)34-7)15-21-11-12-23(36-26(31)13-18(2)3)24(16-21)37-27(32)14-19(4)5/h11-12,16,18-20,22,29H,8-10,13-15,17H2,1-7H3/t20?,22-/m0/s1. The van der Waals surface area contributed by atoms with E-state index in [9.17, 15) is 19.2 Å². The first-order valence-corrected chi connectivity index (χ1v) is 13.0. The number of rotatable bonds is 16. The highest BCUT2D eigenvalue weighted by Gasteiger charge is 2.23. The van der Waals surface area contributed by atoms with Gasteiger partial charge in [0.15, 0.2) is 11.5 Å². The van der Waals surface area contributed by atoms with Gasteiger partial charge in [0.25, 0.3) is 0 Å². The maximum Gasteiger partial charge on any atom is 0.323 e. The van der Waals surface area contributed by atoms with Crippen LogP contribution < -0.4 is 14.8 Å². The lowest BCUT2D eigenvalue weighted by Gasteiger charge is -2.20. The minimum Gasteiger partial charge on any atom is -0.468 e. The van der Waals surface area contributed by atoms with Crippen LogP contribution in [0.15, 0.2) is 18.2 Å². The molecule has 1 rings (SSSR count). The molecule has 37 heavy (non-hydrogen) atoms. The minimum absolute atomic E-state index is 0.0913. The predicted molar refractivity (Wildman–Crippen MR) is 139 cm³/mol. The largest absolute Gasteiger partial charge is 0.468 e. The summed E-state index contributed by atoms with van der Waals surface area (Å²) in [5, 5.41) is 3.09. The zero-order chi connectivity index (χ0) is 28.0. The first kappa shape index (κ1) is 32.1. The van der Waals surface area contributed by atoms with E-state index in [0.29, 0.717) is 12.0 Å². The van der Waals surface area contributed by atoms with Crippen molar-refractivity contribution in [1.82, 2.24) is 5.32 Å². The summed E-state index contributed by atoms with van der Waals surface area (Å²) in [5.41, 5.74) is 0.659. The van der Waals surface area contributed by atoms with Crippen molar-refractivity contribution in [3.63, 3.8) is 0 Å². The van der Waals surface area contributed by atoms with Gasteiger partial charge in [-0.3, -0.25) is 19.2 Å². The zero-order valence-electron chi connectivity index (χ0n) is 23.3. The summed E-state index contributed by atoms with van der Waals surface area (Å²) in [6, 6.07) is 4.10. The van der Waals surface area contributed by atoms with Gasteiger partial charge in [0.05, 0.1) is 7.11 Å². The maximum absolute atomic E-state index is 12.4. The van der Waals surface area contributed by atoms with E-state index in [-0.39, 0.29) is 55.1 Å². The molecule has 9 heteroatoms. The van der Waals surface area contributed by atoms with E-state index in [0.717, 1.165) is 12.8 Å². The van der Waals surface area contributed by atoms with Crippen molar-refractivity contribution in [2.75, 3.05) is 13.7 Å². The van der Waals surface area contributed by atoms with Crippen molar-refractivity contribution < 1.29 is 38.1 Å². The Hall–Kier alpha value is -2.94. The fourth-order valence-electron chi connectivity index (χ4n) is 3.41. The molecule has 1 aromatic rings. The molecule has 0 aromatic heterocycles. The van der Waals surface area contributed by atoms with E-state index in [1.54, 1.807) is 25.1 Å². The Kier molecular flexibility index (Phi) is 14.5. The summed E-state index contributed by atoms with van der Waals surface area (Å²) >= 11 is 0. The molecule has 0 radical (unpaired) electrons. The lowest BCUT2D eigenvalue weighted by molar-refractivity contribution is -0.148. The Labute approximate surface area is 220 Å². The predicted octanol–water partition coefficient (Wildman–Crippen LogP) is 4.39. The summed E-state index contributed by atoms with van der Waals surface area (Å²) in [6.07, 6.45) is 2.20. The van der Waals surface area contributed by atoms with Crippen molar-refractivity contribution in [1.29, 1.82) is 0 Å². The second-order valence-corrected chi connectivity index (χ2v) is 10.0. The van der Waals surface area contributed by atoms with Crippen LogP contribution in [0.3, 0.4) is 0 Å². The van der Waals surface area contributed by atoms with Crippen LogP contribution in [0.25, 0.3) is 0 Å². The molecule has 0 fully saturated rings. The summed E-state index contributed by atoms with van der Waals surface area (Å²) in [5.74, 6) is -1.19. The molecule has 208 valence electrons. The van der Waals surface area contributed by atoms with Gasteiger partial charge in [0, 0.05) is 25.8 Å². The van der Waals surface area contributed by atoms with Gasteiger partial charge in [-0.15, -0.1) is 0 Å². The number of ether oxygens (including phenoxy) is 4. The third kappa shape index (κ3) is 13.3. The van der Waals surface area contributed by atoms with Crippen LogP contribution in [0.2, 0.25) is 0 Å². The van der Waals surface area contributed by atoms with Crippen molar-refractivity contribution in [3.05, 3.63) is 23.8 Å². The van der Waals surface area contributed by atoms with Crippen LogP contribution >= 0.6 is 0 Å². The third-order valence-electron chi connectivity index (χ3n) is 5.25. The Morgan fingerprint density at radius 1 is 0.865 bits per heavy atom. The van der Waals surface area contributed by atoms with Crippen LogP contribution in [-0.2, 0) is 35.1 Å². The Bertz CT molecular complexity index is 896. The number of unbranched alkanes of at least 4 members (excludes halogenated alkanes) is 1. The lowest BCUT2D eigenvalue weighted by atomic mass is 10.0. The Morgan fingerprint density at radius 3 is 2.00 bits per heavy atom. The summed E-state index contributed by atoms with van der Waals surface area (Å²) < 4.78 is 21.3. The summed E-state index contributed by atoms with van der Waals surface area (Å²) in [7, 11) is 1.29. The molecule has 2 atom stereocenters. The molecule has 0 saturated carbocycles. The van der Waals surface area contributed by atoms with E-state index in [2.05, 4.69) is 5.32 Å². The first-order valence-electron chi connectivity index (χ1n) is 13.0. The molecule has 1 unspecified atom stereocenters. The van der Waals surface area contributed by atoms with E-state index in [1.807, 2.05) is 34.6 Å². The number of carbonyl (C=O) groups excluding carboxylic acids is 4. The van der Waals surface area contributed by atoms with Gasteiger partial charge in [0.1, 0.15) is 12.1 Å². The number of carbonyl (C=O) groups is 4. The van der Waals surface area contributed by atoms with Crippen LogP contribution in [0, 0.1) is 11.8 Å². The average molecular weight is 522 g/mol. The molecular formula is C28H43NO8. The number of hydrogen-bond acceptors (Lipinski definition) is 9. The zero-order valence-corrected chi connectivity index (χ0v) is 23.3. The normalized spacial score (nSPS) is 12.7. The van der Waals surface area contributed by atoms with E-state index in [4.69, 9.17) is 18.9 Å². The number of methoxy groups -OCH3 is 1. The molecule has 0 aliphatic carbocycles. The molecule has 0 aliphatic heterocycles. The van der Waals surface area contributed by atoms with Crippen molar-refractivity contribution >= 4 is 23.9 Å². The Balaban J connectivity index is 3.03. The lowest BCUT2D eigenvalue weighted by Crippen LogP contribution is -2.43. The highest BCUT2D eigenvalue weighted by Crippen LogP contribution is 2.30. The number of benzene rings is 1. The van der Waals surface area contributed by atoms with Gasteiger partial charge in [-0.2, -0.15) is 0 Å². The molecule has 0 heterocycles. The second-order valence-electron chi connectivity index (χ2n) is 10.0. The van der Waals surface area contributed by atoms with Crippen molar-refractivity contribution in [3.8, 4) is 11.5 Å². The number of hydrogen-bond donors (Lipinski definition) is 1. The van der Waals surface area contributed by atoms with E-state index >= 15 is 0 Å². The van der Waals surface area contributed by atoms with Gasteiger partial charge < -0.3 is 24.3 Å². The second kappa shape index (κ2) is 16.7. The molecule has 0 bridgehead atoms. The minimum atomic E-state index is -0.740. The van der Waals surface area contributed by atoms with Crippen molar-refractivity contribution in [2.45, 2.75) is 92.2 Å². The molecular weight excluding hydrogens is 478 g/mol. The smallest absolute Gasteiger partial charge is 0.323 e. The third-order valence-corrected chi connectivity index (χ3v) is 5.25. The monoisotopic (exact) mass is 521 g/mol. The van der Waals surface area contributed by atoms with Gasteiger partial charge in [-0.25, -0.2) is 0 Å². The van der Waals surface area contributed by atoms with Crippen LogP contribution in [0.4, 0.5) is 0 Å². The molecule has 9 nitrogen and oxygen atoms in total. The molecule has 0 spiro atoms. The van der Waals surface area contributed by atoms with Crippen LogP contribution in [-0.4, -0.2) is 49.7 Å². The average Bonchev–Trinajstić information content (AvgIpc) is 2.80. The van der Waals surface area contributed by atoms with Gasteiger partial charge in [-0.1, -0.05) is 47.1 Å². The Morgan fingerprint density at radius 2 is 1.46 bits per heavy atom.